The van der Waals surface area contributed by atoms with E-state index >= 15 is 0 Å². The van der Waals surface area contributed by atoms with Crippen LogP contribution in [-0.2, 0) is 20.8 Å². The lowest BCUT2D eigenvalue weighted by atomic mass is 10.2. The summed E-state index contributed by atoms with van der Waals surface area (Å²) in [6.45, 7) is 7.57. The summed E-state index contributed by atoms with van der Waals surface area (Å²) in [7, 11) is 0. The SMILES string of the molecule is CCOC(=O)c1ccccc1NC(=O)COC(=O)c1c(C)nn(CC(C)C)c1Cl. The van der Waals surface area contributed by atoms with Crippen molar-refractivity contribution in [2.45, 2.75) is 34.2 Å². The van der Waals surface area contributed by atoms with E-state index in [1.165, 1.54) is 10.7 Å². The molecule has 29 heavy (non-hydrogen) atoms. The Morgan fingerprint density at radius 3 is 2.52 bits per heavy atom. The molecule has 0 atom stereocenters. The number of carbonyl (C=O) groups excluding carboxylic acids is 3. The predicted octanol–water partition coefficient (Wildman–Crippen LogP) is 3.47. The Kier molecular flexibility index (Phi) is 7.78. The smallest absolute Gasteiger partial charge is 0.343 e. The Labute approximate surface area is 174 Å². The van der Waals surface area contributed by atoms with Gasteiger partial charge in [0.05, 0.1) is 23.6 Å². The molecule has 0 bridgehead atoms. The van der Waals surface area contributed by atoms with Gasteiger partial charge in [-0.3, -0.25) is 9.48 Å². The number of aryl methyl sites for hydroxylation is 1. The zero-order valence-electron chi connectivity index (χ0n) is 16.8. The van der Waals surface area contributed by atoms with Crippen molar-refractivity contribution >= 4 is 35.1 Å². The summed E-state index contributed by atoms with van der Waals surface area (Å²) >= 11 is 6.25. The first-order valence-electron chi connectivity index (χ1n) is 9.20. The molecule has 0 saturated carbocycles. The number of esters is 2. The van der Waals surface area contributed by atoms with Gasteiger partial charge in [-0.2, -0.15) is 5.10 Å². The molecule has 1 aromatic heterocycles. The van der Waals surface area contributed by atoms with Crippen molar-refractivity contribution in [3.05, 3.63) is 46.2 Å². The highest BCUT2D eigenvalue weighted by Crippen LogP contribution is 2.22. The van der Waals surface area contributed by atoms with Gasteiger partial charge in [0, 0.05) is 6.54 Å². The molecule has 1 N–H and O–H groups in total. The summed E-state index contributed by atoms with van der Waals surface area (Å²) in [6, 6.07) is 6.41. The van der Waals surface area contributed by atoms with Crippen molar-refractivity contribution in [1.29, 1.82) is 0 Å². The quantitative estimate of drug-likeness (QED) is 0.655. The average Bonchev–Trinajstić information content (AvgIpc) is 2.93. The van der Waals surface area contributed by atoms with Gasteiger partial charge in [-0.15, -0.1) is 0 Å². The molecule has 0 spiro atoms. The van der Waals surface area contributed by atoms with Crippen LogP contribution in [0.15, 0.2) is 24.3 Å². The second kappa shape index (κ2) is 10.1. The maximum absolute atomic E-state index is 12.4. The van der Waals surface area contributed by atoms with Crippen LogP contribution in [0.5, 0.6) is 0 Å². The van der Waals surface area contributed by atoms with E-state index in [1.54, 1.807) is 32.0 Å². The molecule has 8 nitrogen and oxygen atoms in total. The molecule has 1 amide bonds. The van der Waals surface area contributed by atoms with Crippen LogP contribution in [0.1, 0.15) is 47.2 Å². The van der Waals surface area contributed by atoms with Gasteiger partial charge >= 0.3 is 11.9 Å². The Morgan fingerprint density at radius 1 is 1.17 bits per heavy atom. The minimum atomic E-state index is -0.740. The molecule has 0 radical (unpaired) electrons. The van der Waals surface area contributed by atoms with Crippen molar-refractivity contribution in [2.24, 2.45) is 5.92 Å². The molecule has 2 rings (SSSR count). The van der Waals surface area contributed by atoms with E-state index in [-0.39, 0.29) is 28.6 Å². The minimum Gasteiger partial charge on any atom is -0.462 e. The number of nitrogens with zero attached hydrogens (tertiary/aromatic N) is 2. The normalized spacial score (nSPS) is 10.7. The maximum Gasteiger partial charge on any atom is 0.343 e. The fourth-order valence-electron chi connectivity index (χ4n) is 2.62. The number of rotatable bonds is 8. The lowest BCUT2D eigenvalue weighted by Gasteiger charge is -2.10. The van der Waals surface area contributed by atoms with Gasteiger partial charge in [0.15, 0.2) is 6.61 Å². The Hall–Kier alpha value is -2.87. The van der Waals surface area contributed by atoms with Crippen molar-refractivity contribution < 1.29 is 23.9 Å². The molecule has 0 saturated heterocycles. The number of para-hydroxylation sites is 1. The molecular weight excluding hydrogens is 398 g/mol. The topological polar surface area (TPSA) is 99.5 Å². The molecule has 2 aromatic rings. The van der Waals surface area contributed by atoms with E-state index in [2.05, 4.69) is 10.4 Å². The molecule has 1 heterocycles. The van der Waals surface area contributed by atoms with Gasteiger partial charge in [0.1, 0.15) is 10.7 Å². The summed E-state index contributed by atoms with van der Waals surface area (Å²) in [5.74, 6) is -1.60. The summed E-state index contributed by atoms with van der Waals surface area (Å²) in [6.07, 6.45) is 0. The number of amides is 1. The van der Waals surface area contributed by atoms with Gasteiger partial charge in [0.25, 0.3) is 5.91 Å². The van der Waals surface area contributed by atoms with Gasteiger partial charge in [-0.05, 0) is 31.9 Å². The third kappa shape index (κ3) is 5.80. The summed E-state index contributed by atoms with van der Waals surface area (Å²) in [4.78, 5) is 36.6. The number of aromatic nitrogens is 2. The first kappa shape index (κ1) is 22.4. The monoisotopic (exact) mass is 421 g/mol. The fourth-order valence-corrected chi connectivity index (χ4v) is 2.94. The number of hydrogen-bond acceptors (Lipinski definition) is 6. The fraction of sp³-hybridized carbons (Fsp3) is 0.400. The number of anilines is 1. The van der Waals surface area contributed by atoms with Crippen LogP contribution in [0.3, 0.4) is 0 Å². The van der Waals surface area contributed by atoms with Crippen LogP contribution in [-0.4, -0.2) is 40.8 Å². The zero-order chi connectivity index (χ0) is 21.6. The van der Waals surface area contributed by atoms with E-state index in [9.17, 15) is 14.4 Å². The molecule has 9 heteroatoms. The number of benzene rings is 1. The summed E-state index contributed by atoms with van der Waals surface area (Å²) in [5.41, 5.74) is 1.04. The van der Waals surface area contributed by atoms with E-state index in [4.69, 9.17) is 21.1 Å². The van der Waals surface area contributed by atoms with Gasteiger partial charge in [0.2, 0.25) is 0 Å². The number of halogens is 1. The van der Waals surface area contributed by atoms with Crippen molar-refractivity contribution in [3.63, 3.8) is 0 Å². The third-order valence-corrected chi connectivity index (χ3v) is 4.22. The Morgan fingerprint density at radius 2 is 1.86 bits per heavy atom. The number of nitrogens with one attached hydrogen (secondary N) is 1. The largest absolute Gasteiger partial charge is 0.462 e. The predicted molar refractivity (Wildman–Crippen MR) is 108 cm³/mol. The van der Waals surface area contributed by atoms with Crippen LogP contribution in [0, 0.1) is 12.8 Å². The van der Waals surface area contributed by atoms with Crippen molar-refractivity contribution in [2.75, 3.05) is 18.5 Å². The lowest BCUT2D eigenvalue weighted by molar-refractivity contribution is -0.119. The summed E-state index contributed by atoms with van der Waals surface area (Å²) < 4.78 is 11.6. The Bertz CT molecular complexity index is 908. The standard InChI is InChI=1S/C20H24ClN3O5/c1-5-28-19(26)14-8-6-7-9-15(14)22-16(25)11-29-20(27)17-13(4)23-24(18(17)21)10-12(2)3/h6-9,12H,5,10-11H2,1-4H3,(H,22,25). The van der Waals surface area contributed by atoms with Crippen LogP contribution in [0.25, 0.3) is 0 Å². The van der Waals surface area contributed by atoms with Crippen LogP contribution in [0.4, 0.5) is 5.69 Å². The Balaban J connectivity index is 2.03. The minimum absolute atomic E-state index is 0.132. The lowest BCUT2D eigenvalue weighted by Crippen LogP contribution is -2.22. The molecule has 0 aliphatic rings. The first-order valence-corrected chi connectivity index (χ1v) is 9.58. The molecule has 0 aliphatic heterocycles. The highest BCUT2D eigenvalue weighted by atomic mass is 35.5. The van der Waals surface area contributed by atoms with E-state index in [0.29, 0.717) is 18.2 Å². The maximum atomic E-state index is 12.4. The van der Waals surface area contributed by atoms with Gasteiger partial charge < -0.3 is 14.8 Å². The van der Waals surface area contributed by atoms with E-state index < -0.39 is 24.5 Å². The highest BCUT2D eigenvalue weighted by molar-refractivity contribution is 6.32. The molecule has 0 unspecified atom stereocenters. The van der Waals surface area contributed by atoms with Crippen LogP contribution >= 0.6 is 11.6 Å². The van der Waals surface area contributed by atoms with Gasteiger partial charge in [-0.1, -0.05) is 37.6 Å². The molecule has 0 aliphatic carbocycles. The molecular formula is C20H24ClN3O5. The molecule has 156 valence electrons. The number of ether oxygens (including phenoxy) is 2. The van der Waals surface area contributed by atoms with Crippen LogP contribution in [0.2, 0.25) is 5.15 Å². The highest BCUT2D eigenvalue weighted by Gasteiger charge is 2.23. The molecule has 0 fully saturated rings. The van der Waals surface area contributed by atoms with Gasteiger partial charge in [-0.25, -0.2) is 9.59 Å². The third-order valence-electron chi connectivity index (χ3n) is 3.84. The number of hydrogen-bond donors (Lipinski definition) is 1. The second-order valence-corrected chi connectivity index (χ2v) is 7.08. The first-order chi connectivity index (χ1) is 13.7. The molecule has 1 aromatic carbocycles. The van der Waals surface area contributed by atoms with Crippen molar-refractivity contribution in [3.8, 4) is 0 Å². The van der Waals surface area contributed by atoms with Crippen LogP contribution < -0.4 is 5.32 Å². The van der Waals surface area contributed by atoms with E-state index in [1.807, 2.05) is 13.8 Å². The number of carbonyl (C=O) groups is 3. The summed E-state index contributed by atoms with van der Waals surface area (Å²) in [5, 5.41) is 6.97. The average molecular weight is 422 g/mol. The zero-order valence-corrected chi connectivity index (χ0v) is 17.6. The second-order valence-electron chi connectivity index (χ2n) is 6.72. The van der Waals surface area contributed by atoms with Crippen molar-refractivity contribution in [1.82, 2.24) is 9.78 Å². The van der Waals surface area contributed by atoms with E-state index in [0.717, 1.165) is 0 Å².